The summed E-state index contributed by atoms with van der Waals surface area (Å²) in [7, 11) is 0. The number of hydrogen-bond donors (Lipinski definition) is 3. The normalized spacial score (nSPS) is 18.5. The molecule has 2 amide bonds. The summed E-state index contributed by atoms with van der Waals surface area (Å²) < 4.78 is 10.9. The van der Waals surface area contributed by atoms with Crippen molar-refractivity contribution in [1.82, 2.24) is 10.3 Å². The minimum Gasteiger partial charge on any atom is -0.479 e. The number of carbonyl (C=O) groups excluding carboxylic acids is 2. The Bertz CT molecular complexity index is 1230. The molecule has 2 atom stereocenters. The van der Waals surface area contributed by atoms with Gasteiger partial charge in [0.05, 0.1) is 12.3 Å². The summed E-state index contributed by atoms with van der Waals surface area (Å²) in [6, 6.07) is 16.2. The van der Waals surface area contributed by atoms with E-state index in [4.69, 9.17) is 14.6 Å². The molecule has 1 aliphatic carbocycles. The molecule has 0 saturated carbocycles. The van der Waals surface area contributed by atoms with E-state index in [0.717, 1.165) is 33.6 Å². The molecule has 1 aromatic heterocycles. The van der Waals surface area contributed by atoms with E-state index >= 15 is 0 Å². The van der Waals surface area contributed by atoms with Crippen molar-refractivity contribution in [1.29, 1.82) is 0 Å². The van der Waals surface area contributed by atoms with E-state index in [2.05, 4.69) is 27.8 Å². The molecule has 180 valence electrons. The summed E-state index contributed by atoms with van der Waals surface area (Å²) in [4.78, 5) is 40.2. The molecule has 3 N–H and O–H groups in total. The van der Waals surface area contributed by atoms with Gasteiger partial charge in [-0.3, -0.25) is 10.1 Å². The van der Waals surface area contributed by atoms with Gasteiger partial charge < -0.3 is 19.9 Å². The van der Waals surface area contributed by atoms with Crippen molar-refractivity contribution in [3.8, 4) is 11.1 Å². The van der Waals surface area contributed by atoms with Gasteiger partial charge in [0, 0.05) is 12.5 Å². The summed E-state index contributed by atoms with van der Waals surface area (Å²) in [6.45, 7) is 0.382. The van der Waals surface area contributed by atoms with E-state index in [1.807, 2.05) is 36.4 Å². The molecular formula is C25H23N3O6S. The number of aromatic nitrogens is 1. The van der Waals surface area contributed by atoms with Crippen LogP contribution in [0.5, 0.6) is 0 Å². The molecule has 2 aliphatic rings. The van der Waals surface area contributed by atoms with Crippen molar-refractivity contribution < 1.29 is 29.0 Å². The van der Waals surface area contributed by atoms with Gasteiger partial charge in [0.1, 0.15) is 11.5 Å². The first-order valence-corrected chi connectivity index (χ1v) is 12.1. The van der Waals surface area contributed by atoms with Gasteiger partial charge in [0.2, 0.25) is 0 Å². The SMILES string of the molecule is O=C(Nc1ncc(C(=O)NCC2CCC(C(=O)O)O2)s1)OCC1c2ccccc2-c2ccccc21. The van der Waals surface area contributed by atoms with Crippen LogP contribution in [-0.2, 0) is 14.3 Å². The Kier molecular flexibility index (Phi) is 6.47. The summed E-state index contributed by atoms with van der Waals surface area (Å²) >= 11 is 1.02. The summed E-state index contributed by atoms with van der Waals surface area (Å²) in [5.74, 6) is -1.42. The number of ether oxygens (including phenoxy) is 2. The lowest BCUT2D eigenvalue weighted by atomic mass is 9.98. The van der Waals surface area contributed by atoms with Crippen LogP contribution in [0.1, 0.15) is 39.6 Å². The van der Waals surface area contributed by atoms with Crippen molar-refractivity contribution in [3.63, 3.8) is 0 Å². The van der Waals surface area contributed by atoms with Crippen LogP contribution in [-0.4, -0.2) is 53.4 Å². The van der Waals surface area contributed by atoms with Crippen molar-refractivity contribution in [2.24, 2.45) is 0 Å². The van der Waals surface area contributed by atoms with Crippen LogP contribution < -0.4 is 10.6 Å². The molecule has 10 heteroatoms. The number of carboxylic acids is 1. The molecule has 1 fully saturated rings. The van der Waals surface area contributed by atoms with E-state index in [9.17, 15) is 14.4 Å². The van der Waals surface area contributed by atoms with E-state index in [1.165, 1.54) is 6.20 Å². The Hall–Kier alpha value is -3.76. The van der Waals surface area contributed by atoms with Crippen LogP contribution in [0.15, 0.2) is 54.7 Å². The quantitative estimate of drug-likeness (QED) is 0.456. The van der Waals surface area contributed by atoms with Crippen LogP contribution in [0.25, 0.3) is 11.1 Å². The largest absolute Gasteiger partial charge is 0.479 e. The van der Waals surface area contributed by atoms with Gasteiger partial charge in [-0.15, -0.1) is 0 Å². The summed E-state index contributed by atoms with van der Waals surface area (Å²) in [5, 5.41) is 14.5. The topological polar surface area (TPSA) is 127 Å². The minimum absolute atomic E-state index is 0.0516. The first-order chi connectivity index (χ1) is 17.0. The average molecular weight is 494 g/mol. The molecule has 5 rings (SSSR count). The lowest BCUT2D eigenvalue weighted by molar-refractivity contribution is -0.149. The number of amides is 2. The maximum Gasteiger partial charge on any atom is 0.413 e. The van der Waals surface area contributed by atoms with Gasteiger partial charge >= 0.3 is 12.1 Å². The van der Waals surface area contributed by atoms with Crippen LogP contribution in [0.4, 0.5) is 9.93 Å². The number of rotatable bonds is 7. The zero-order chi connectivity index (χ0) is 24.4. The third kappa shape index (κ3) is 4.89. The highest BCUT2D eigenvalue weighted by Crippen LogP contribution is 2.44. The lowest BCUT2D eigenvalue weighted by Gasteiger charge is -2.14. The number of hydrogen-bond acceptors (Lipinski definition) is 7. The standard InChI is InChI=1S/C25H23N3O6S/c29-22(26-11-14-9-10-20(34-14)23(30)31)21-12-27-24(35-21)28-25(32)33-13-19-17-7-3-1-5-15(17)16-6-2-4-8-18(16)19/h1-8,12,14,19-20H,9-11,13H2,(H,26,29)(H,30,31)(H,27,28,32). The molecule has 1 aliphatic heterocycles. The number of nitrogens with zero attached hydrogens (tertiary/aromatic N) is 1. The number of carboxylic acid groups (broad SMARTS) is 1. The van der Waals surface area contributed by atoms with Gasteiger partial charge in [-0.1, -0.05) is 59.9 Å². The Morgan fingerprint density at radius 1 is 1.06 bits per heavy atom. The molecule has 2 aromatic carbocycles. The van der Waals surface area contributed by atoms with E-state index in [0.29, 0.717) is 17.7 Å². The predicted molar refractivity (Wildman–Crippen MR) is 129 cm³/mol. The lowest BCUT2D eigenvalue weighted by Crippen LogP contribution is -2.32. The number of anilines is 1. The Morgan fingerprint density at radius 2 is 1.74 bits per heavy atom. The van der Waals surface area contributed by atoms with Crippen LogP contribution in [0.2, 0.25) is 0 Å². The van der Waals surface area contributed by atoms with Crippen molar-refractivity contribution in [2.75, 3.05) is 18.5 Å². The minimum atomic E-state index is -0.995. The molecule has 0 spiro atoms. The molecule has 1 saturated heterocycles. The van der Waals surface area contributed by atoms with E-state index < -0.39 is 18.2 Å². The van der Waals surface area contributed by atoms with Crippen LogP contribution in [0, 0.1) is 0 Å². The monoisotopic (exact) mass is 493 g/mol. The van der Waals surface area contributed by atoms with Crippen LogP contribution >= 0.6 is 11.3 Å². The predicted octanol–water partition coefficient (Wildman–Crippen LogP) is 3.87. The summed E-state index contributed by atoms with van der Waals surface area (Å²) in [6.07, 6.45) is 0.542. The number of fused-ring (bicyclic) bond motifs is 3. The smallest absolute Gasteiger partial charge is 0.413 e. The highest BCUT2D eigenvalue weighted by Gasteiger charge is 2.31. The molecule has 3 aromatic rings. The Morgan fingerprint density at radius 3 is 2.40 bits per heavy atom. The molecule has 2 unspecified atom stereocenters. The van der Waals surface area contributed by atoms with Gasteiger partial charge in [0.25, 0.3) is 5.91 Å². The number of carbonyl (C=O) groups is 3. The van der Waals surface area contributed by atoms with Gasteiger partial charge in [0.15, 0.2) is 11.2 Å². The first kappa shape index (κ1) is 23.0. The van der Waals surface area contributed by atoms with Gasteiger partial charge in [-0.05, 0) is 35.1 Å². The molecular weight excluding hydrogens is 470 g/mol. The highest BCUT2D eigenvalue weighted by molar-refractivity contribution is 7.17. The van der Waals surface area contributed by atoms with Crippen molar-refractivity contribution >= 4 is 34.4 Å². The van der Waals surface area contributed by atoms with Gasteiger partial charge in [-0.25, -0.2) is 14.6 Å². The fourth-order valence-corrected chi connectivity index (χ4v) is 5.21. The third-order valence-corrected chi connectivity index (χ3v) is 7.07. The maximum absolute atomic E-state index is 12.4. The fourth-order valence-electron chi connectivity index (χ4n) is 4.49. The molecule has 9 nitrogen and oxygen atoms in total. The first-order valence-electron chi connectivity index (χ1n) is 11.2. The second-order valence-corrected chi connectivity index (χ2v) is 9.38. The zero-order valence-electron chi connectivity index (χ0n) is 18.6. The second kappa shape index (κ2) is 9.85. The fraction of sp³-hybridized carbons (Fsp3) is 0.280. The highest BCUT2D eigenvalue weighted by atomic mass is 32.1. The van der Waals surface area contributed by atoms with Crippen molar-refractivity contribution in [3.05, 3.63) is 70.7 Å². The number of nitrogens with one attached hydrogen (secondary N) is 2. The molecule has 0 bridgehead atoms. The average Bonchev–Trinajstić information content (AvgIpc) is 3.59. The van der Waals surface area contributed by atoms with Crippen molar-refractivity contribution in [2.45, 2.75) is 31.0 Å². The Balaban J connectivity index is 1.13. The molecule has 35 heavy (non-hydrogen) atoms. The number of benzene rings is 2. The van der Waals surface area contributed by atoms with Crippen LogP contribution in [0.3, 0.4) is 0 Å². The number of aliphatic carboxylic acids is 1. The van der Waals surface area contributed by atoms with E-state index in [1.54, 1.807) is 0 Å². The number of thiazole rings is 1. The summed E-state index contributed by atoms with van der Waals surface area (Å²) in [5.41, 5.74) is 4.54. The third-order valence-electron chi connectivity index (χ3n) is 6.16. The maximum atomic E-state index is 12.4. The van der Waals surface area contributed by atoms with Gasteiger partial charge in [-0.2, -0.15) is 0 Å². The second-order valence-electron chi connectivity index (χ2n) is 8.35. The Labute approximate surface area is 205 Å². The zero-order valence-corrected chi connectivity index (χ0v) is 19.4. The molecule has 2 heterocycles. The van der Waals surface area contributed by atoms with E-state index in [-0.39, 0.29) is 36.2 Å². The molecule has 0 radical (unpaired) electrons.